The lowest BCUT2D eigenvalue weighted by Gasteiger charge is -2.42. The Kier molecular flexibility index (Phi) is 4.93. The van der Waals surface area contributed by atoms with Crippen molar-refractivity contribution in [3.8, 4) is 0 Å². The van der Waals surface area contributed by atoms with Gasteiger partial charge in [0.2, 0.25) is 0 Å². The maximum atomic E-state index is 12.2. The molecule has 0 bridgehead atoms. The molecule has 0 aromatic heterocycles. The summed E-state index contributed by atoms with van der Waals surface area (Å²) in [5.41, 5.74) is 0.624. The minimum absolute atomic E-state index is 0.184. The molecule has 1 aromatic rings. The second kappa shape index (κ2) is 6.93. The molecule has 4 heteroatoms. The minimum Gasteiger partial charge on any atom is -0.303 e. The molecule has 4 nitrogen and oxygen atoms in total. The van der Waals surface area contributed by atoms with Gasteiger partial charge in [-0.05, 0) is 32.9 Å². The van der Waals surface area contributed by atoms with Crippen LogP contribution in [0.5, 0.6) is 0 Å². The average molecular weight is 314 g/mol. The highest BCUT2D eigenvalue weighted by Gasteiger charge is 2.47. The number of ketones is 2. The molecule has 3 rings (SSSR count). The van der Waals surface area contributed by atoms with Crippen molar-refractivity contribution in [1.29, 1.82) is 0 Å². The van der Waals surface area contributed by atoms with Crippen molar-refractivity contribution < 1.29 is 9.59 Å². The Balaban J connectivity index is 1.43. The molecular weight excluding hydrogens is 288 g/mol. The van der Waals surface area contributed by atoms with Gasteiger partial charge in [0.15, 0.2) is 11.6 Å². The Labute approximate surface area is 138 Å². The molecule has 0 radical (unpaired) electrons. The summed E-state index contributed by atoms with van der Waals surface area (Å²) in [6.07, 6.45) is 4.08. The topological polar surface area (TPSA) is 40.6 Å². The molecule has 23 heavy (non-hydrogen) atoms. The molecule has 1 spiro atoms. The van der Waals surface area contributed by atoms with Crippen LogP contribution in [-0.2, 0) is 4.79 Å². The first-order valence-electron chi connectivity index (χ1n) is 8.67. The normalized spacial score (nSPS) is 21.9. The number of benzene rings is 1. The predicted molar refractivity (Wildman–Crippen MR) is 90.7 cm³/mol. The average Bonchev–Trinajstić information content (AvgIpc) is 2.86. The monoisotopic (exact) mass is 314 g/mol. The van der Waals surface area contributed by atoms with E-state index >= 15 is 0 Å². The Morgan fingerprint density at radius 2 is 1.83 bits per heavy atom. The smallest absolute Gasteiger partial charge is 0.162 e. The number of carbonyl (C=O) groups excluding carboxylic acids is 2. The second-order valence-electron chi connectivity index (χ2n) is 6.86. The van der Waals surface area contributed by atoms with Crippen LogP contribution in [0.2, 0.25) is 0 Å². The van der Waals surface area contributed by atoms with Crippen molar-refractivity contribution in [3.05, 3.63) is 35.9 Å². The first-order valence-corrected chi connectivity index (χ1v) is 8.67. The lowest BCUT2D eigenvalue weighted by molar-refractivity contribution is -0.127. The molecule has 2 saturated heterocycles. The molecule has 0 atom stereocenters. The van der Waals surface area contributed by atoms with Crippen LogP contribution in [-0.4, -0.2) is 60.1 Å². The van der Waals surface area contributed by atoms with Gasteiger partial charge in [0.05, 0.1) is 5.54 Å². The maximum Gasteiger partial charge on any atom is 0.162 e. The van der Waals surface area contributed by atoms with Gasteiger partial charge in [-0.15, -0.1) is 0 Å². The SMILES string of the molecule is CN1CCC(=O)C12CCN(CCCC(=O)c1ccccc1)CC2. The quantitative estimate of drug-likeness (QED) is 0.783. The number of hydrogen-bond acceptors (Lipinski definition) is 4. The molecule has 2 aliphatic heterocycles. The lowest BCUT2D eigenvalue weighted by Crippen LogP contribution is -2.54. The fourth-order valence-corrected chi connectivity index (χ4v) is 3.97. The molecule has 0 saturated carbocycles. The Morgan fingerprint density at radius 3 is 2.43 bits per heavy atom. The zero-order chi connectivity index (χ0) is 16.3. The molecular formula is C19H26N2O2. The fourth-order valence-electron chi connectivity index (χ4n) is 3.97. The van der Waals surface area contributed by atoms with Gasteiger partial charge in [-0.3, -0.25) is 14.5 Å². The fraction of sp³-hybridized carbons (Fsp3) is 0.579. The Bertz CT molecular complexity index is 562. The Morgan fingerprint density at radius 1 is 1.13 bits per heavy atom. The highest BCUT2D eigenvalue weighted by atomic mass is 16.1. The number of carbonyl (C=O) groups is 2. The summed E-state index contributed by atoms with van der Waals surface area (Å²) in [6, 6.07) is 9.52. The van der Waals surface area contributed by atoms with Crippen molar-refractivity contribution in [2.24, 2.45) is 0 Å². The molecule has 124 valence electrons. The molecule has 0 amide bonds. The van der Waals surface area contributed by atoms with Crippen LogP contribution in [0.3, 0.4) is 0 Å². The van der Waals surface area contributed by atoms with E-state index in [-0.39, 0.29) is 11.3 Å². The van der Waals surface area contributed by atoms with Crippen molar-refractivity contribution in [1.82, 2.24) is 9.80 Å². The van der Waals surface area contributed by atoms with Crippen molar-refractivity contribution in [2.45, 2.75) is 37.6 Å². The second-order valence-corrected chi connectivity index (χ2v) is 6.86. The zero-order valence-corrected chi connectivity index (χ0v) is 14.0. The van der Waals surface area contributed by atoms with Crippen LogP contribution in [0.4, 0.5) is 0 Å². The standard InChI is InChI=1S/C19H26N2O2/c1-20-13-9-18(23)19(20)10-14-21(15-11-19)12-5-8-17(22)16-6-3-2-4-7-16/h2-4,6-7H,5,8-15H2,1H3. The molecule has 1 aromatic carbocycles. The number of likely N-dealkylation sites (tertiary alicyclic amines) is 2. The van der Waals surface area contributed by atoms with Crippen molar-refractivity contribution in [3.63, 3.8) is 0 Å². The van der Waals surface area contributed by atoms with Gasteiger partial charge in [-0.25, -0.2) is 0 Å². The first kappa shape index (κ1) is 16.3. The summed E-state index contributed by atoms with van der Waals surface area (Å²) in [4.78, 5) is 29.0. The summed E-state index contributed by atoms with van der Waals surface area (Å²) in [7, 11) is 2.08. The van der Waals surface area contributed by atoms with Crippen LogP contribution in [0.25, 0.3) is 0 Å². The van der Waals surface area contributed by atoms with Crippen molar-refractivity contribution >= 4 is 11.6 Å². The van der Waals surface area contributed by atoms with E-state index < -0.39 is 0 Å². The van der Waals surface area contributed by atoms with E-state index in [1.807, 2.05) is 30.3 Å². The number of nitrogens with zero attached hydrogens (tertiary/aromatic N) is 2. The zero-order valence-electron chi connectivity index (χ0n) is 14.0. The summed E-state index contributed by atoms with van der Waals surface area (Å²) in [6.45, 7) is 3.79. The van der Waals surface area contributed by atoms with E-state index in [1.54, 1.807) is 0 Å². The van der Waals surface area contributed by atoms with Gasteiger partial charge >= 0.3 is 0 Å². The van der Waals surface area contributed by atoms with E-state index in [4.69, 9.17) is 0 Å². The van der Waals surface area contributed by atoms with E-state index in [0.717, 1.165) is 51.0 Å². The van der Waals surface area contributed by atoms with Crippen LogP contribution in [0, 0.1) is 0 Å². The van der Waals surface area contributed by atoms with Crippen LogP contribution in [0.1, 0.15) is 42.5 Å². The predicted octanol–water partition coefficient (Wildman–Crippen LogP) is 2.39. The van der Waals surface area contributed by atoms with E-state index in [2.05, 4.69) is 16.8 Å². The molecule has 0 aliphatic carbocycles. The van der Waals surface area contributed by atoms with E-state index in [1.165, 1.54) is 0 Å². The largest absolute Gasteiger partial charge is 0.303 e. The summed E-state index contributed by atoms with van der Waals surface area (Å²) < 4.78 is 0. The first-order chi connectivity index (χ1) is 11.1. The molecule has 0 N–H and O–H groups in total. The molecule has 2 aliphatic rings. The highest BCUT2D eigenvalue weighted by molar-refractivity contribution is 5.95. The third-order valence-corrected chi connectivity index (χ3v) is 5.58. The van der Waals surface area contributed by atoms with Crippen LogP contribution in [0.15, 0.2) is 30.3 Å². The third kappa shape index (κ3) is 3.38. The Hall–Kier alpha value is -1.52. The van der Waals surface area contributed by atoms with Gasteiger partial charge in [0.25, 0.3) is 0 Å². The van der Waals surface area contributed by atoms with Gasteiger partial charge in [-0.1, -0.05) is 30.3 Å². The van der Waals surface area contributed by atoms with Gasteiger partial charge in [-0.2, -0.15) is 0 Å². The number of hydrogen-bond donors (Lipinski definition) is 0. The number of piperidine rings is 1. The summed E-state index contributed by atoms with van der Waals surface area (Å²) in [5, 5.41) is 0. The van der Waals surface area contributed by atoms with E-state index in [0.29, 0.717) is 18.6 Å². The van der Waals surface area contributed by atoms with Crippen LogP contribution < -0.4 is 0 Å². The maximum absolute atomic E-state index is 12.2. The van der Waals surface area contributed by atoms with Gasteiger partial charge < -0.3 is 4.90 Å². The van der Waals surface area contributed by atoms with Gasteiger partial charge in [0.1, 0.15) is 0 Å². The lowest BCUT2D eigenvalue weighted by atomic mass is 9.84. The van der Waals surface area contributed by atoms with Crippen molar-refractivity contribution in [2.75, 3.05) is 33.2 Å². The third-order valence-electron chi connectivity index (χ3n) is 5.58. The summed E-state index contributed by atoms with van der Waals surface area (Å²) in [5.74, 6) is 0.656. The van der Waals surface area contributed by atoms with Crippen LogP contribution >= 0.6 is 0 Å². The number of rotatable bonds is 5. The minimum atomic E-state index is -0.184. The highest BCUT2D eigenvalue weighted by Crippen LogP contribution is 2.34. The van der Waals surface area contributed by atoms with Gasteiger partial charge in [0, 0.05) is 38.0 Å². The molecule has 2 fully saturated rings. The number of Topliss-reactive ketones (excluding diaryl/α,β-unsaturated/α-hetero) is 2. The molecule has 2 heterocycles. The van der Waals surface area contributed by atoms with E-state index in [9.17, 15) is 9.59 Å². The number of likely N-dealkylation sites (N-methyl/N-ethyl adjacent to an activating group) is 1. The molecule has 0 unspecified atom stereocenters. The summed E-state index contributed by atoms with van der Waals surface area (Å²) >= 11 is 0.